The first-order chi connectivity index (χ1) is 9.02. The molecule has 0 heterocycles. The lowest BCUT2D eigenvalue weighted by Crippen LogP contribution is -2.06. The highest BCUT2D eigenvalue weighted by molar-refractivity contribution is 14.1. The predicted molar refractivity (Wildman–Crippen MR) is 80.6 cm³/mol. The number of hydrogen-bond donors (Lipinski definition) is 0. The van der Waals surface area contributed by atoms with Crippen molar-refractivity contribution in [1.29, 1.82) is 0 Å². The lowest BCUT2D eigenvalue weighted by Gasteiger charge is -2.07. The molecule has 5 heteroatoms. The lowest BCUT2D eigenvalue weighted by molar-refractivity contribution is 0.103. The van der Waals surface area contributed by atoms with Crippen molar-refractivity contribution in [1.82, 2.24) is 0 Å². The summed E-state index contributed by atoms with van der Waals surface area (Å²) >= 11 is 7.88. The van der Waals surface area contributed by atoms with Gasteiger partial charge in [0.15, 0.2) is 5.78 Å². The summed E-state index contributed by atoms with van der Waals surface area (Å²) in [7, 11) is 1.44. The molecule has 0 N–H and O–H groups in total. The average Bonchev–Trinajstić information content (AvgIpc) is 2.40. The standard InChI is InChI=1S/C14H9ClFIO2/c1-19-9-3-4-10(12(16)7-9)14(18)11-6-8(15)2-5-13(11)17/h2-7H,1H3. The number of ether oxygens (including phenoxy) is 1. The first-order valence-electron chi connectivity index (χ1n) is 5.36. The predicted octanol–water partition coefficient (Wildman–Crippen LogP) is 4.32. The largest absolute Gasteiger partial charge is 0.497 e. The van der Waals surface area contributed by atoms with Crippen LogP contribution in [0.3, 0.4) is 0 Å². The summed E-state index contributed by atoms with van der Waals surface area (Å²) in [6.07, 6.45) is 0. The van der Waals surface area contributed by atoms with Crippen molar-refractivity contribution in [2.24, 2.45) is 0 Å². The van der Waals surface area contributed by atoms with Crippen LogP contribution in [0, 0.1) is 9.39 Å². The molecule has 0 amide bonds. The van der Waals surface area contributed by atoms with Crippen LogP contribution in [-0.2, 0) is 0 Å². The molecule has 0 unspecified atom stereocenters. The Hall–Kier alpha value is -1.14. The fraction of sp³-hybridized carbons (Fsp3) is 0.0714. The Morgan fingerprint density at radius 2 is 1.95 bits per heavy atom. The molecule has 2 aromatic rings. The SMILES string of the molecule is COc1ccc(C(=O)c2cc(Cl)ccc2I)c(F)c1. The van der Waals surface area contributed by atoms with Gasteiger partial charge in [0, 0.05) is 20.2 Å². The Morgan fingerprint density at radius 1 is 1.21 bits per heavy atom. The van der Waals surface area contributed by atoms with Gasteiger partial charge in [-0.05, 0) is 52.9 Å². The summed E-state index contributed by atoms with van der Waals surface area (Å²) in [6.45, 7) is 0. The van der Waals surface area contributed by atoms with Gasteiger partial charge in [0.05, 0.1) is 12.7 Å². The van der Waals surface area contributed by atoms with Crippen LogP contribution in [0.5, 0.6) is 5.75 Å². The van der Waals surface area contributed by atoms with Crippen molar-refractivity contribution in [2.45, 2.75) is 0 Å². The fourth-order valence-corrected chi connectivity index (χ4v) is 2.38. The molecule has 0 bridgehead atoms. The van der Waals surface area contributed by atoms with E-state index in [0.717, 1.165) is 3.57 Å². The van der Waals surface area contributed by atoms with Gasteiger partial charge in [-0.3, -0.25) is 4.79 Å². The molecular weight excluding hydrogens is 382 g/mol. The fourth-order valence-electron chi connectivity index (χ4n) is 1.62. The third kappa shape index (κ3) is 3.06. The molecule has 0 aliphatic rings. The minimum absolute atomic E-state index is 0.000910. The Labute approximate surface area is 128 Å². The third-order valence-corrected chi connectivity index (χ3v) is 3.77. The summed E-state index contributed by atoms with van der Waals surface area (Å²) in [5.74, 6) is -0.637. The van der Waals surface area contributed by atoms with Crippen LogP contribution in [0.2, 0.25) is 5.02 Å². The van der Waals surface area contributed by atoms with Crippen LogP contribution in [0.4, 0.5) is 4.39 Å². The second-order valence-corrected chi connectivity index (χ2v) is 5.40. The summed E-state index contributed by atoms with van der Waals surface area (Å²) in [6, 6.07) is 9.09. The Morgan fingerprint density at radius 3 is 2.58 bits per heavy atom. The van der Waals surface area contributed by atoms with Crippen LogP contribution < -0.4 is 4.74 Å². The van der Waals surface area contributed by atoms with Crippen LogP contribution in [0.25, 0.3) is 0 Å². The van der Waals surface area contributed by atoms with E-state index in [0.29, 0.717) is 16.3 Å². The number of rotatable bonds is 3. The molecule has 0 saturated carbocycles. The number of ketones is 1. The minimum atomic E-state index is -0.611. The van der Waals surface area contributed by atoms with Gasteiger partial charge >= 0.3 is 0 Å². The van der Waals surface area contributed by atoms with Gasteiger partial charge in [0.2, 0.25) is 0 Å². The highest BCUT2D eigenvalue weighted by Crippen LogP contribution is 2.24. The van der Waals surface area contributed by atoms with Crippen molar-refractivity contribution >= 4 is 40.0 Å². The van der Waals surface area contributed by atoms with E-state index in [1.54, 1.807) is 18.2 Å². The molecule has 0 atom stereocenters. The Balaban J connectivity index is 2.47. The molecule has 2 rings (SSSR count). The van der Waals surface area contributed by atoms with Gasteiger partial charge in [0.25, 0.3) is 0 Å². The average molecular weight is 391 g/mol. The normalized spacial score (nSPS) is 10.3. The van der Waals surface area contributed by atoms with E-state index >= 15 is 0 Å². The zero-order valence-corrected chi connectivity index (χ0v) is 12.8. The van der Waals surface area contributed by atoms with Gasteiger partial charge < -0.3 is 4.74 Å². The smallest absolute Gasteiger partial charge is 0.197 e. The molecule has 0 aliphatic carbocycles. The van der Waals surface area contributed by atoms with Crippen LogP contribution >= 0.6 is 34.2 Å². The zero-order chi connectivity index (χ0) is 14.0. The molecule has 2 nitrogen and oxygen atoms in total. The van der Waals surface area contributed by atoms with Crippen LogP contribution in [0.1, 0.15) is 15.9 Å². The Bertz CT molecular complexity index is 643. The second-order valence-electron chi connectivity index (χ2n) is 3.80. The molecule has 0 aromatic heterocycles. The quantitative estimate of drug-likeness (QED) is 0.576. The van der Waals surface area contributed by atoms with E-state index in [2.05, 4.69) is 0 Å². The molecule has 0 saturated heterocycles. The molecule has 0 spiro atoms. The van der Waals surface area contributed by atoms with Crippen LogP contribution in [-0.4, -0.2) is 12.9 Å². The van der Waals surface area contributed by atoms with E-state index in [-0.39, 0.29) is 5.56 Å². The monoisotopic (exact) mass is 390 g/mol. The maximum atomic E-state index is 13.9. The third-order valence-electron chi connectivity index (χ3n) is 2.59. The number of methoxy groups -OCH3 is 1. The highest BCUT2D eigenvalue weighted by atomic mass is 127. The molecule has 0 radical (unpaired) electrons. The summed E-state index contributed by atoms with van der Waals surface area (Å²) in [5, 5.41) is 0.442. The number of hydrogen-bond acceptors (Lipinski definition) is 2. The molecule has 0 fully saturated rings. The van der Waals surface area contributed by atoms with Crippen molar-refractivity contribution < 1.29 is 13.9 Å². The molecule has 98 valence electrons. The van der Waals surface area contributed by atoms with Gasteiger partial charge in [-0.15, -0.1) is 0 Å². The topological polar surface area (TPSA) is 26.3 Å². The van der Waals surface area contributed by atoms with Gasteiger partial charge in [-0.25, -0.2) is 4.39 Å². The van der Waals surface area contributed by atoms with E-state index in [1.807, 2.05) is 22.6 Å². The first kappa shape index (κ1) is 14.3. The maximum absolute atomic E-state index is 13.9. The number of halogens is 3. The van der Waals surface area contributed by atoms with E-state index in [9.17, 15) is 9.18 Å². The highest BCUT2D eigenvalue weighted by Gasteiger charge is 2.17. The van der Waals surface area contributed by atoms with E-state index in [4.69, 9.17) is 16.3 Å². The Kier molecular flexibility index (Phi) is 4.42. The minimum Gasteiger partial charge on any atom is -0.497 e. The van der Waals surface area contributed by atoms with Crippen LogP contribution in [0.15, 0.2) is 36.4 Å². The molecule has 2 aromatic carbocycles. The zero-order valence-electron chi connectivity index (χ0n) is 9.91. The van der Waals surface area contributed by atoms with E-state index < -0.39 is 11.6 Å². The van der Waals surface area contributed by atoms with Gasteiger partial charge in [-0.1, -0.05) is 11.6 Å². The second kappa shape index (κ2) is 5.88. The summed E-state index contributed by atoms with van der Waals surface area (Å²) in [5.41, 5.74) is 0.387. The summed E-state index contributed by atoms with van der Waals surface area (Å²) < 4.78 is 19.5. The van der Waals surface area contributed by atoms with Crippen molar-refractivity contribution in [2.75, 3.05) is 7.11 Å². The van der Waals surface area contributed by atoms with E-state index in [1.165, 1.54) is 25.3 Å². The molecule has 0 aliphatic heterocycles. The maximum Gasteiger partial charge on any atom is 0.197 e. The lowest BCUT2D eigenvalue weighted by atomic mass is 10.0. The number of carbonyl (C=O) groups excluding carboxylic acids is 1. The molecular formula is C14H9ClFIO2. The number of carbonyl (C=O) groups is 1. The van der Waals surface area contributed by atoms with Gasteiger partial charge in [-0.2, -0.15) is 0 Å². The van der Waals surface area contributed by atoms with Crippen molar-refractivity contribution in [3.05, 3.63) is 61.9 Å². The summed E-state index contributed by atoms with van der Waals surface area (Å²) in [4.78, 5) is 12.3. The number of benzene rings is 2. The van der Waals surface area contributed by atoms with Gasteiger partial charge in [0.1, 0.15) is 11.6 Å². The van der Waals surface area contributed by atoms with Crippen molar-refractivity contribution in [3.63, 3.8) is 0 Å². The first-order valence-corrected chi connectivity index (χ1v) is 6.82. The van der Waals surface area contributed by atoms with Crippen molar-refractivity contribution in [3.8, 4) is 5.75 Å². The molecule has 19 heavy (non-hydrogen) atoms.